The van der Waals surface area contributed by atoms with Crippen molar-refractivity contribution in [3.05, 3.63) is 65.7 Å². The summed E-state index contributed by atoms with van der Waals surface area (Å²) in [5, 5.41) is 9.96. The van der Waals surface area contributed by atoms with E-state index in [0.717, 1.165) is 22.1 Å². The maximum absolute atomic E-state index is 13.1. The molecule has 3 heterocycles. The van der Waals surface area contributed by atoms with Crippen molar-refractivity contribution < 1.29 is 9.53 Å². The van der Waals surface area contributed by atoms with Crippen molar-refractivity contribution in [1.29, 1.82) is 0 Å². The van der Waals surface area contributed by atoms with E-state index in [-0.39, 0.29) is 18.5 Å². The quantitative estimate of drug-likeness (QED) is 0.360. The number of aromatic nitrogens is 5. The third-order valence-corrected chi connectivity index (χ3v) is 5.94. The van der Waals surface area contributed by atoms with E-state index < -0.39 is 5.54 Å². The van der Waals surface area contributed by atoms with E-state index in [1.54, 1.807) is 27.8 Å². The van der Waals surface area contributed by atoms with Gasteiger partial charge >= 0.3 is 5.97 Å². The van der Waals surface area contributed by atoms with Crippen LogP contribution in [-0.4, -0.2) is 30.5 Å². The Bertz CT molecular complexity index is 1250. The molecule has 0 amide bonds. The van der Waals surface area contributed by atoms with E-state index in [1.807, 2.05) is 50.5 Å². The summed E-state index contributed by atoms with van der Waals surface area (Å²) in [5.41, 5.74) is 2.45. The van der Waals surface area contributed by atoms with Crippen LogP contribution in [0.5, 0.6) is 0 Å². The molecule has 30 heavy (non-hydrogen) atoms. The minimum absolute atomic E-state index is 0.0893. The number of rotatable bonds is 5. The van der Waals surface area contributed by atoms with Crippen molar-refractivity contribution in [3.63, 3.8) is 0 Å². The van der Waals surface area contributed by atoms with Gasteiger partial charge in [0.05, 0.1) is 12.4 Å². The molecule has 0 saturated heterocycles. The van der Waals surface area contributed by atoms with Gasteiger partial charge in [0.2, 0.25) is 0 Å². The monoisotopic (exact) mass is 421 g/mol. The molecule has 1 saturated carbocycles. The van der Waals surface area contributed by atoms with Gasteiger partial charge in [-0.3, -0.25) is 4.68 Å². The summed E-state index contributed by atoms with van der Waals surface area (Å²) in [7, 11) is 1.86. The van der Waals surface area contributed by atoms with E-state index in [1.165, 1.54) is 0 Å². The number of hydrogen-bond acceptors (Lipinski definition) is 5. The van der Waals surface area contributed by atoms with Crippen LogP contribution in [0, 0.1) is 5.92 Å². The lowest BCUT2D eigenvalue weighted by Gasteiger charge is -2.17. The molecule has 2 atom stereocenters. The van der Waals surface area contributed by atoms with Crippen LogP contribution in [0.4, 0.5) is 0 Å². The van der Waals surface area contributed by atoms with Gasteiger partial charge in [0.15, 0.2) is 11.2 Å². The minimum Gasteiger partial charge on any atom is -0.459 e. The summed E-state index contributed by atoms with van der Waals surface area (Å²) in [6, 6.07) is 11.4. The number of carbonyl (C=O) groups excluding carboxylic acids is 1. The van der Waals surface area contributed by atoms with Crippen LogP contribution >= 0.6 is 11.6 Å². The molecule has 5 rings (SSSR count). The van der Waals surface area contributed by atoms with Gasteiger partial charge in [0.1, 0.15) is 11.8 Å². The Labute approximate surface area is 178 Å². The molecular weight excluding hydrogens is 402 g/mol. The van der Waals surface area contributed by atoms with Crippen molar-refractivity contribution in [1.82, 2.24) is 24.5 Å². The van der Waals surface area contributed by atoms with Crippen molar-refractivity contribution in [2.24, 2.45) is 13.0 Å². The highest BCUT2D eigenvalue weighted by molar-refractivity contribution is 6.30. The molecule has 8 heteroatoms. The van der Waals surface area contributed by atoms with Gasteiger partial charge in [0.25, 0.3) is 0 Å². The second kappa shape index (κ2) is 6.95. The highest BCUT2D eigenvalue weighted by atomic mass is 35.5. The SMILES string of the molecule is C[C@H]1C[C@]1(C(=O)OCc1ccccc1)n1ncc2c(-c3cnn(C)c3)cc(Cl)nc21. The van der Waals surface area contributed by atoms with Crippen LogP contribution in [0.3, 0.4) is 0 Å². The third kappa shape index (κ3) is 2.97. The predicted molar refractivity (Wildman–Crippen MR) is 113 cm³/mol. The van der Waals surface area contributed by atoms with Crippen molar-refractivity contribution in [3.8, 4) is 11.1 Å². The van der Waals surface area contributed by atoms with Crippen LogP contribution in [0.1, 0.15) is 18.9 Å². The summed E-state index contributed by atoms with van der Waals surface area (Å²) in [6.45, 7) is 2.24. The van der Waals surface area contributed by atoms with Crippen LogP contribution in [0.15, 0.2) is 55.0 Å². The van der Waals surface area contributed by atoms with Gasteiger partial charge in [-0.05, 0) is 24.0 Å². The Balaban J connectivity index is 1.53. The first kappa shape index (κ1) is 18.8. The van der Waals surface area contributed by atoms with Gasteiger partial charge in [-0.25, -0.2) is 14.5 Å². The predicted octanol–water partition coefficient (Wildman–Crippen LogP) is 3.96. The number of benzene rings is 1. The number of hydrogen-bond donors (Lipinski definition) is 0. The van der Waals surface area contributed by atoms with Gasteiger partial charge < -0.3 is 4.74 Å². The summed E-state index contributed by atoms with van der Waals surface area (Å²) < 4.78 is 9.09. The summed E-state index contributed by atoms with van der Waals surface area (Å²) >= 11 is 6.34. The van der Waals surface area contributed by atoms with E-state index in [4.69, 9.17) is 16.3 Å². The topological polar surface area (TPSA) is 74.8 Å². The standard InChI is InChI=1S/C22H20ClN5O2/c1-14-9-22(14,21(29)30-13-15-6-4-3-5-7-15)28-20-18(11-25-28)17(8-19(23)26-20)16-10-24-27(2)12-16/h3-8,10-12,14H,9,13H2,1-2H3/t14-,22-/m0/s1. The number of carbonyl (C=O) groups is 1. The Hall–Kier alpha value is -3.19. The Morgan fingerprint density at radius 2 is 2.03 bits per heavy atom. The summed E-state index contributed by atoms with van der Waals surface area (Å²) in [4.78, 5) is 17.6. The van der Waals surface area contributed by atoms with Crippen molar-refractivity contribution >= 4 is 28.6 Å². The molecule has 0 radical (unpaired) electrons. The lowest BCUT2D eigenvalue weighted by molar-refractivity contribution is -0.151. The molecule has 1 aromatic carbocycles. The zero-order valence-corrected chi connectivity index (χ0v) is 17.4. The van der Waals surface area contributed by atoms with E-state index >= 15 is 0 Å². The van der Waals surface area contributed by atoms with Crippen molar-refractivity contribution in [2.45, 2.75) is 25.5 Å². The van der Waals surface area contributed by atoms with Crippen molar-refractivity contribution in [2.75, 3.05) is 0 Å². The average Bonchev–Trinajstić information content (AvgIpc) is 3.06. The molecule has 4 aromatic rings. The zero-order chi connectivity index (χ0) is 20.9. The normalized spacial score (nSPS) is 20.4. The molecule has 0 unspecified atom stereocenters. The molecule has 1 fully saturated rings. The van der Waals surface area contributed by atoms with Crippen LogP contribution in [0.2, 0.25) is 5.15 Å². The molecule has 3 aromatic heterocycles. The molecular formula is C22H20ClN5O2. The minimum atomic E-state index is -0.861. The van der Waals surface area contributed by atoms with E-state index in [0.29, 0.717) is 17.2 Å². The smallest absolute Gasteiger partial charge is 0.334 e. The van der Waals surface area contributed by atoms with Gasteiger partial charge in [-0.15, -0.1) is 0 Å². The van der Waals surface area contributed by atoms with E-state index in [9.17, 15) is 4.79 Å². The first-order valence-corrected chi connectivity index (χ1v) is 10.1. The lowest BCUT2D eigenvalue weighted by Crippen LogP contribution is -2.32. The second-order valence-electron chi connectivity index (χ2n) is 7.78. The molecule has 152 valence electrons. The molecule has 0 bridgehead atoms. The number of fused-ring (bicyclic) bond motifs is 1. The number of nitrogens with zero attached hydrogens (tertiary/aromatic N) is 5. The van der Waals surface area contributed by atoms with Gasteiger partial charge in [0, 0.05) is 29.8 Å². The van der Waals surface area contributed by atoms with Gasteiger partial charge in [-0.1, -0.05) is 48.9 Å². The largest absolute Gasteiger partial charge is 0.459 e. The first-order valence-electron chi connectivity index (χ1n) is 9.74. The first-order chi connectivity index (χ1) is 14.5. The molecule has 7 nitrogen and oxygen atoms in total. The number of ether oxygens (including phenoxy) is 1. The second-order valence-corrected chi connectivity index (χ2v) is 8.17. The fourth-order valence-corrected chi connectivity index (χ4v) is 4.17. The maximum atomic E-state index is 13.1. The Kier molecular flexibility index (Phi) is 4.36. The van der Waals surface area contributed by atoms with Gasteiger partial charge in [-0.2, -0.15) is 10.2 Å². The molecule has 0 aliphatic heterocycles. The average molecular weight is 422 g/mol. The number of halogens is 1. The molecule has 0 N–H and O–H groups in total. The zero-order valence-electron chi connectivity index (χ0n) is 16.6. The Morgan fingerprint density at radius 3 is 2.70 bits per heavy atom. The lowest BCUT2D eigenvalue weighted by atomic mass is 10.1. The van der Waals surface area contributed by atoms with Crippen LogP contribution in [-0.2, 0) is 28.7 Å². The fourth-order valence-electron chi connectivity index (χ4n) is 3.98. The third-order valence-electron chi connectivity index (χ3n) is 5.74. The molecule has 1 aliphatic carbocycles. The highest BCUT2D eigenvalue weighted by Gasteiger charge is 2.62. The molecule has 1 aliphatic rings. The highest BCUT2D eigenvalue weighted by Crippen LogP contribution is 2.52. The summed E-state index contributed by atoms with van der Waals surface area (Å²) in [6.07, 6.45) is 6.06. The van der Waals surface area contributed by atoms with Crippen LogP contribution in [0.25, 0.3) is 22.2 Å². The molecule has 0 spiro atoms. The fraction of sp³-hybridized carbons (Fsp3) is 0.273. The number of aryl methyl sites for hydroxylation is 1. The number of pyridine rings is 1. The summed E-state index contributed by atoms with van der Waals surface area (Å²) in [5.74, 6) is -0.208. The van der Waals surface area contributed by atoms with E-state index in [2.05, 4.69) is 15.2 Å². The number of esters is 1. The maximum Gasteiger partial charge on any atom is 0.334 e. The Morgan fingerprint density at radius 1 is 1.27 bits per heavy atom. The van der Waals surface area contributed by atoms with Crippen LogP contribution < -0.4 is 0 Å².